The highest BCUT2D eigenvalue weighted by molar-refractivity contribution is 6.30. The van der Waals surface area contributed by atoms with Gasteiger partial charge in [-0.05, 0) is 24.3 Å². The third-order valence-corrected chi connectivity index (χ3v) is 4.29. The van der Waals surface area contributed by atoms with Crippen LogP contribution < -0.4 is 20.2 Å². The number of piperazine rings is 1. The lowest BCUT2D eigenvalue weighted by Gasteiger charge is -2.33. The number of halogens is 1. The number of hydrogen-bond acceptors (Lipinski definition) is 3. The molecule has 1 aromatic rings. The van der Waals surface area contributed by atoms with Gasteiger partial charge in [0, 0.05) is 10.7 Å². The average molecular weight is 327 g/mol. The van der Waals surface area contributed by atoms with Gasteiger partial charge in [0.1, 0.15) is 32.2 Å². The second-order valence-corrected chi connectivity index (χ2v) is 6.18. The van der Waals surface area contributed by atoms with Crippen LogP contribution in [0, 0.1) is 0 Å². The first-order chi connectivity index (χ1) is 10.5. The highest BCUT2D eigenvalue weighted by Gasteiger charge is 2.30. The van der Waals surface area contributed by atoms with Gasteiger partial charge in [-0.1, -0.05) is 11.6 Å². The molecule has 0 saturated carbocycles. The quantitative estimate of drug-likeness (QED) is 0.547. The van der Waals surface area contributed by atoms with Crippen molar-refractivity contribution in [1.82, 2.24) is 0 Å². The van der Waals surface area contributed by atoms with Crippen molar-refractivity contribution in [3.8, 4) is 0 Å². The number of aliphatic carboxylic acids is 1. The number of nitrogens with one attached hydrogen (secondary N) is 3. The summed E-state index contributed by atoms with van der Waals surface area (Å²) in [6.45, 7) is 3.27. The smallest absolute Gasteiger partial charge is 0.230 e. The van der Waals surface area contributed by atoms with Crippen molar-refractivity contribution in [2.24, 2.45) is 0 Å². The molecular weight excluding hydrogens is 306 g/mol. The number of likely N-dealkylation sites (N-methyl/N-ethyl adjacent to an activating group) is 1. The minimum atomic E-state index is -1.17. The van der Waals surface area contributed by atoms with Gasteiger partial charge in [-0.2, -0.15) is 0 Å². The predicted molar refractivity (Wildman–Crippen MR) is 80.8 cm³/mol. The molecule has 1 amide bonds. The zero-order chi connectivity index (χ0) is 16.1. The van der Waals surface area contributed by atoms with E-state index in [-0.39, 0.29) is 12.3 Å². The number of amides is 1. The van der Waals surface area contributed by atoms with Crippen molar-refractivity contribution in [2.45, 2.75) is 12.5 Å². The third kappa shape index (κ3) is 4.69. The Bertz CT molecular complexity index is 527. The normalized spacial score (nSPS) is 22.8. The summed E-state index contributed by atoms with van der Waals surface area (Å²) in [6, 6.07) is 5.89. The summed E-state index contributed by atoms with van der Waals surface area (Å²) in [5.74, 6) is -1.49. The Morgan fingerprint density at radius 2 is 1.82 bits per heavy atom. The SMILES string of the molecule is C[NH+]1CC[NH+]([C@@H](CC(=O)Nc2ccc(Cl)cc2)C(=O)[O-])CC1. The van der Waals surface area contributed by atoms with Gasteiger partial charge in [0.2, 0.25) is 5.91 Å². The van der Waals surface area contributed by atoms with E-state index in [1.165, 1.54) is 4.90 Å². The largest absolute Gasteiger partial charge is 0.544 e. The Balaban J connectivity index is 1.94. The monoisotopic (exact) mass is 326 g/mol. The van der Waals surface area contributed by atoms with Gasteiger partial charge < -0.3 is 25.0 Å². The fourth-order valence-electron chi connectivity index (χ4n) is 2.67. The Hall–Kier alpha value is -1.63. The number of carboxylic acids is 1. The number of carboxylic acid groups (broad SMARTS) is 1. The lowest BCUT2D eigenvalue weighted by molar-refractivity contribution is -1.01. The molecule has 1 atom stereocenters. The Morgan fingerprint density at radius 1 is 1.23 bits per heavy atom. The standard InChI is InChI=1S/C15H20ClN3O3/c1-18-6-8-19(9-7-18)13(15(21)22)10-14(20)17-12-4-2-11(16)3-5-12/h2-5,13H,6-10H2,1H3,(H,17,20)(H,21,22)/p+1/t13-/m0/s1. The predicted octanol–water partition coefficient (Wildman–Crippen LogP) is -2.80. The number of rotatable bonds is 5. The Morgan fingerprint density at radius 3 is 2.36 bits per heavy atom. The second kappa shape index (κ2) is 7.58. The van der Waals surface area contributed by atoms with E-state index in [1.807, 2.05) is 0 Å². The molecule has 22 heavy (non-hydrogen) atoms. The lowest BCUT2D eigenvalue weighted by atomic mass is 10.1. The highest BCUT2D eigenvalue weighted by Crippen LogP contribution is 2.13. The molecule has 1 saturated heterocycles. The zero-order valence-corrected chi connectivity index (χ0v) is 13.3. The number of carbonyl (C=O) groups is 2. The summed E-state index contributed by atoms with van der Waals surface area (Å²) in [5.41, 5.74) is 0.601. The molecule has 0 unspecified atom stereocenters. The van der Waals surface area contributed by atoms with Gasteiger partial charge in [0.25, 0.3) is 0 Å². The highest BCUT2D eigenvalue weighted by atomic mass is 35.5. The maximum Gasteiger partial charge on any atom is 0.230 e. The number of hydrogen-bond donors (Lipinski definition) is 3. The summed E-state index contributed by atoms with van der Waals surface area (Å²) in [5, 5.41) is 14.7. The fourth-order valence-corrected chi connectivity index (χ4v) is 2.80. The molecule has 2 rings (SSSR count). The summed E-state index contributed by atoms with van der Waals surface area (Å²) in [6.07, 6.45) is -0.0840. The van der Waals surface area contributed by atoms with Crippen LogP contribution in [0.3, 0.4) is 0 Å². The Labute approximate surface area is 134 Å². The van der Waals surface area contributed by atoms with Crippen molar-refractivity contribution < 1.29 is 24.5 Å². The topological polar surface area (TPSA) is 78.1 Å². The maximum atomic E-state index is 12.1. The van der Waals surface area contributed by atoms with Gasteiger partial charge in [-0.3, -0.25) is 4.79 Å². The van der Waals surface area contributed by atoms with Crippen molar-refractivity contribution in [2.75, 3.05) is 38.5 Å². The van der Waals surface area contributed by atoms with E-state index < -0.39 is 12.0 Å². The molecule has 7 heteroatoms. The number of quaternary nitrogens is 2. The molecule has 120 valence electrons. The first kappa shape index (κ1) is 16.7. The van der Waals surface area contributed by atoms with Crippen LogP contribution in [0.4, 0.5) is 5.69 Å². The van der Waals surface area contributed by atoms with E-state index in [2.05, 4.69) is 12.4 Å². The molecule has 0 bridgehead atoms. The van der Waals surface area contributed by atoms with Crippen LogP contribution in [0.2, 0.25) is 5.02 Å². The first-order valence-corrected chi connectivity index (χ1v) is 7.75. The fraction of sp³-hybridized carbons (Fsp3) is 0.467. The van der Waals surface area contributed by atoms with E-state index >= 15 is 0 Å². The van der Waals surface area contributed by atoms with Gasteiger partial charge in [0.05, 0.1) is 19.4 Å². The zero-order valence-electron chi connectivity index (χ0n) is 12.5. The minimum absolute atomic E-state index is 0.0840. The van der Waals surface area contributed by atoms with E-state index in [1.54, 1.807) is 24.3 Å². The molecule has 0 spiro atoms. The molecule has 1 aromatic carbocycles. The summed E-state index contributed by atoms with van der Waals surface area (Å²) < 4.78 is 0. The van der Waals surface area contributed by atoms with Crippen molar-refractivity contribution in [1.29, 1.82) is 0 Å². The van der Waals surface area contributed by atoms with Gasteiger partial charge in [-0.25, -0.2) is 0 Å². The third-order valence-electron chi connectivity index (χ3n) is 4.04. The molecule has 1 aliphatic rings. The number of anilines is 1. The van der Waals surface area contributed by atoms with Crippen molar-refractivity contribution in [3.63, 3.8) is 0 Å². The van der Waals surface area contributed by atoms with Crippen LogP contribution >= 0.6 is 11.6 Å². The van der Waals surface area contributed by atoms with Crippen LogP contribution in [0.1, 0.15) is 6.42 Å². The van der Waals surface area contributed by atoms with Gasteiger partial charge >= 0.3 is 0 Å². The minimum Gasteiger partial charge on any atom is -0.544 e. The molecule has 1 heterocycles. The van der Waals surface area contributed by atoms with E-state index in [0.717, 1.165) is 31.1 Å². The molecule has 6 nitrogen and oxygen atoms in total. The maximum absolute atomic E-state index is 12.1. The van der Waals surface area contributed by atoms with Crippen LogP contribution in [-0.4, -0.2) is 51.1 Å². The van der Waals surface area contributed by atoms with Gasteiger partial charge in [-0.15, -0.1) is 0 Å². The van der Waals surface area contributed by atoms with Crippen LogP contribution in [0.5, 0.6) is 0 Å². The summed E-state index contributed by atoms with van der Waals surface area (Å²) >= 11 is 5.78. The average Bonchev–Trinajstić information content (AvgIpc) is 2.48. The molecule has 0 aliphatic carbocycles. The first-order valence-electron chi connectivity index (χ1n) is 7.38. The van der Waals surface area contributed by atoms with Crippen molar-refractivity contribution in [3.05, 3.63) is 29.3 Å². The van der Waals surface area contributed by atoms with Gasteiger partial charge in [0.15, 0.2) is 0 Å². The second-order valence-electron chi connectivity index (χ2n) is 5.75. The number of carbonyl (C=O) groups excluding carboxylic acids is 2. The Kier molecular flexibility index (Phi) is 5.76. The van der Waals surface area contributed by atoms with E-state index in [9.17, 15) is 14.7 Å². The van der Waals surface area contributed by atoms with Crippen LogP contribution in [-0.2, 0) is 9.59 Å². The van der Waals surface area contributed by atoms with E-state index in [4.69, 9.17) is 11.6 Å². The van der Waals surface area contributed by atoms with Crippen LogP contribution in [0.25, 0.3) is 0 Å². The van der Waals surface area contributed by atoms with Crippen molar-refractivity contribution >= 4 is 29.2 Å². The molecular formula is C15H21ClN3O3+. The molecule has 0 radical (unpaired) electrons. The summed E-state index contributed by atoms with van der Waals surface area (Å²) in [4.78, 5) is 25.7. The lowest BCUT2D eigenvalue weighted by Crippen LogP contribution is -3.29. The molecule has 1 aliphatic heterocycles. The molecule has 3 N–H and O–H groups in total. The molecule has 0 aromatic heterocycles. The number of benzene rings is 1. The van der Waals surface area contributed by atoms with E-state index in [0.29, 0.717) is 10.7 Å². The molecule has 1 fully saturated rings. The van der Waals surface area contributed by atoms with Crippen LogP contribution in [0.15, 0.2) is 24.3 Å². The summed E-state index contributed by atoms with van der Waals surface area (Å²) in [7, 11) is 2.08.